The number of benzene rings is 1. The largest absolute Gasteiger partial charge is 0.490 e. The molecule has 1 aliphatic carbocycles. The summed E-state index contributed by atoms with van der Waals surface area (Å²) in [7, 11) is 1.95. The molecular weight excluding hydrogens is 270 g/mol. The number of aromatic nitrogens is 1. The molecule has 110 valence electrons. The molecule has 0 bridgehead atoms. The molecule has 1 heterocycles. The summed E-state index contributed by atoms with van der Waals surface area (Å²) in [6, 6.07) is 4.83. The van der Waals surface area contributed by atoms with Crippen molar-refractivity contribution in [1.82, 2.24) is 10.3 Å². The number of nitro groups is 1. The third-order valence-electron chi connectivity index (χ3n) is 3.93. The van der Waals surface area contributed by atoms with Crippen LogP contribution in [0, 0.1) is 16.0 Å². The molecule has 1 aromatic carbocycles. The van der Waals surface area contributed by atoms with Crippen LogP contribution >= 0.6 is 0 Å². The van der Waals surface area contributed by atoms with Gasteiger partial charge in [0.1, 0.15) is 5.75 Å². The van der Waals surface area contributed by atoms with Crippen LogP contribution in [0.3, 0.4) is 0 Å². The summed E-state index contributed by atoms with van der Waals surface area (Å²) in [5, 5.41) is 15.5. The predicted molar refractivity (Wildman–Crippen MR) is 79.5 cm³/mol. The smallest absolute Gasteiger partial charge is 0.277 e. The van der Waals surface area contributed by atoms with Crippen molar-refractivity contribution in [2.24, 2.45) is 5.92 Å². The molecule has 1 aromatic heterocycles. The Balaban J connectivity index is 1.84. The first-order chi connectivity index (χ1) is 10.2. The van der Waals surface area contributed by atoms with Crippen LogP contribution in [0.15, 0.2) is 30.6 Å². The van der Waals surface area contributed by atoms with E-state index in [-0.39, 0.29) is 16.7 Å². The zero-order chi connectivity index (χ0) is 14.8. The van der Waals surface area contributed by atoms with Crippen molar-refractivity contribution in [3.63, 3.8) is 0 Å². The lowest BCUT2D eigenvalue weighted by molar-refractivity contribution is -0.383. The number of ether oxygens (including phenoxy) is 1. The normalized spacial score (nSPS) is 21.0. The molecule has 1 aliphatic rings. The fourth-order valence-electron chi connectivity index (χ4n) is 2.82. The molecule has 0 saturated heterocycles. The van der Waals surface area contributed by atoms with Gasteiger partial charge in [-0.1, -0.05) is 0 Å². The van der Waals surface area contributed by atoms with Crippen molar-refractivity contribution >= 4 is 16.5 Å². The third kappa shape index (κ3) is 2.67. The maximum Gasteiger partial charge on any atom is 0.277 e. The van der Waals surface area contributed by atoms with Gasteiger partial charge in [0.2, 0.25) is 0 Å². The highest BCUT2D eigenvalue weighted by Gasteiger charge is 2.30. The van der Waals surface area contributed by atoms with Gasteiger partial charge in [-0.15, -0.1) is 0 Å². The standard InChI is InChI=1S/C15H17N3O3/c1-16-8-10-6-11(7-10)21-15-3-2-14(18(19)20)12-4-5-17-9-13(12)15/h2-5,9-11,16H,6-8H2,1H3. The lowest BCUT2D eigenvalue weighted by atomic mass is 9.82. The van der Waals surface area contributed by atoms with Crippen molar-refractivity contribution < 1.29 is 9.66 Å². The summed E-state index contributed by atoms with van der Waals surface area (Å²) in [6.45, 7) is 1.00. The van der Waals surface area contributed by atoms with Crippen LogP contribution in [0.2, 0.25) is 0 Å². The number of nitrogens with one attached hydrogen (secondary N) is 1. The molecule has 2 aromatic rings. The first kappa shape index (κ1) is 13.8. The SMILES string of the molecule is CNCC1CC(Oc2ccc([N+](=O)[O-])c3ccncc23)C1. The van der Waals surface area contributed by atoms with Gasteiger partial charge in [-0.05, 0) is 44.5 Å². The maximum absolute atomic E-state index is 11.1. The molecule has 0 spiro atoms. The Kier molecular flexibility index (Phi) is 3.70. The number of hydrogen-bond donors (Lipinski definition) is 1. The van der Waals surface area contributed by atoms with E-state index in [1.807, 2.05) is 7.05 Å². The summed E-state index contributed by atoms with van der Waals surface area (Å²) in [4.78, 5) is 14.7. The van der Waals surface area contributed by atoms with E-state index in [2.05, 4.69) is 10.3 Å². The minimum atomic E-state index is -0.377. The second-order valence-electron chi connectivity index (χ2n) is 5.40. The van der Waals surface area contributed by atoms with Gasteiger partial charge in [-0.25, -0.2) is 0 Å². The predicted octanol–water partition coefficient (Wildman–Crippen LogP) is 2.52. The zero-order valence-corrected chi connectivity index (χ0v) is 11.8. The number of nitrogens with zero attached hydrogens (tertiary/aromatic N) is 2. The molecular formula is C15H17N3O3. The van der Waals surface area contributed by atoms with Crippen LogP contribution in [0.5, 0.6) is 5.75 Å². The van der Waals surface area contributed by atoms with Crippen LogP contribution < -0.4 is 10.1 Å². The molecule has 3 rings (SSSR count). The Hall–Kier alpha value is -2.21. The molecule has 0 amide bonds. The van der Waals surface area contributed by atoms with Gasteiger partial charge in [0.05, 0.1) is 16.4 Å². The number of nitro benzene ring substituents is 1. The first-order valence-electron chi connectivity index (χ1n) is 7.01. The van der Waals surface area contributed by atoms with Gasteiger partial charge in [-0.2, -0.15) is 0 Å². The average Bonchev–Trinajstić information content (AvgIpc) is 2.45. The molecule has 0 atom stereocenters. The molecule has 1 saturated carbocycles. The molecule has 6 nitrogen and oxygen atoms in total. The van der Waals surface area contributed by atoms with Crippen molar-refractivity contribution in [3.05, 3.63) is 40.7 Å². The van der Waals surface area contributed by atoms with Crippen molar-refractivity contribution in [1.29, 1.82) is 0 Å². The van der Waals surface area contributed by atoms with Gasteiger partial charge in [0.25, 0.3) is 5.69 Å². The van der Waals surface area contributed by atoms with E-state index in [4.69, 9.17) is 4.74 Å². The quantitative estimate of drug-likeness (QED) is 0.675. The number of fused-ring (bicyclic) bond motifs is 1. The van der Waals surface area contributed by atoms with Crippen LogP contribution in [0.4, 0.5) is 5.69 Å². The first-order valence-corrected chi connectivity index (χ1v) is 7.01. The number of non-ortho nitro benzene ring substituents is 1. The Morgan fingerprint density at radius 1 is 1.38 bits per heavy atom. The molecule has 1 N–H and O–H groups in total. The minimum absolute atomic E-state index is 0.0846. The monoisotopic (exact) mass is 287 g/mol. The molecule has 6 heteroatoms. The summed E-state index contributed by atoms with van der Waals surface area (Å²) >= 11 is 0. The highest BCUT2D eigenvalue weighted by Crippen LogP contribution is 2.36. The van der Waals surface area contributed by atoms with Gasteiger partial charge in [0.15, 0.2) is 0 Å². The Labute approximate surface area is 122 Å². The van der Waals surface area contributed by atoms with Gasteiger partial charge in [-0.3, -0.25) is 15.1 Å². The molecule has 0 aliphatic heterocycles. The maximum atomic E-state index is 11.1. The Bertz CT molecular complexity index is 668. The van der Waals surface area contributed by atoms with Crippen molar-refractivity contribution in [2.75, 3.05) is 13.6 Å². The van der Waals surface area contributed by atoms with E-state index in [9.17, 15) is 10.1 Å². The topological polar surface area (TPSA) is 77.3 Å². The Morgan fingerprint density at radius 3 is 2.90 bits per heavy atom. The van der Waals surface area contributed by atoms with Gasteiger partial charge in [0, 0.05) is 23.8 Å². The molecule has 0 unspecified atom stereocenters. The fourth-order valence-corrected chi connectivity index (χ4v) is 2.82. The molecule has 0 radical (unpaired) electrons. The summed E-state index contributed by atoms with van der Waals surface area (Å²) < 4.78 is 5.98. The lowest BCUT2D eigenvalue weighted by Gasteiger charge is -2.35. The van der Waals surface area contributed by atoms with Crippen molar-refractivity contribution in [3.8, 4) is 5.75 Å². The van der Waals surface area contributed by atoms with Gasteiger partial charge >= 0.3 is 0 Å². The Morgan fingerprint density at radius 2 is 2.19 bits per heavy atom. The van der Waals surface area contributed by atoms with E-state index >= 15 is 0 Å². The third-order valence-corrected chi connectivity index (χ3v) is 3.93. The summed E-state index contributed by atoms with van der Waals surface area (Å²) in [6.07, 6.45) is 5.40. The van der Waals surface area contributed by atoms with Crippen LogP contribution in [-0.4, -0.2) is 29.6 Å². The number of pyridine rings is 1. The summed E-state index contributed by atoms with van der Waals surface area (Å²) in [5.41, 5.74) is 0.0846. The average molecular weight is 287 g/mol. The van der Waals surface area contributed by atoms with E-state index in [0.29, 0.717) is 22.4 Å². The van der Waals surface area contributed by atoms with E-state index in [1.165, 1.54) is 6.07 Å². The van der Waals surface area contributed by atoms with E-state index in [1.54, 1.807) is 24.5 Å². The van der Waals surface area contributed by atoms with Crippen LogP contribution in [-0.2, 0) is 0 Å². The fraction of sp³-hybridized carbons (Fsp3) is 0.400. The highest BCUT2D eigenvalue weighted by molar-refractivity contribution is 5.94. The van der Waals surface area contributed by atoms with Crippen LogP contribution in [0.1, 0.15) is 12.8 Å². The van der Waals surface area contributed by atoms with Gasteiger partial charge < -0.3 is 10.1 Å². The number of rotatable bonds is 5. The van der Waals surface area contributed by atoms with Crippen molar-refractivity contribution in [2.45, 2.75) is 18.9 Å². The second kappa shape index (κ2) is 5.65. The second-order valence-corrected chi connectivity index (χ2v) is 5.40. The minimum Gasteiger partial charge on any atom is -0.490 e. The molecule has 21 heavy (non-hydrogen) atoms. The molecule has 1 fully saturated rings. The summed E-state index contributed by atoms with van der Waals surface area (Å²) in [5.74, 6) is 1.33. The van der Waals surface area contributed by atoms with E-state index < -0.39 is 0 Å². The van der Waals surface area contributed by atoms with E-state index in [0.717, 1.165) is 19.4 Å². The highest BCUT2D eigenvalue weighted by atomic mass is 16.6. The lowest BCUT2D eigenvalue weighted by Crippen LogP contribution is -2.38. The van der Waals surface area contributed by atoms with Crippen LogP contribution in [0.25, 0.3) is 10.8 Å². The zero-order valence-electron chi connectivity index (χ0n) is 11.8. The number of hydrogen-bond acceptors (Lipinski definition) is 5.